The van der Waals surface area contributed by atoms with E-state index in [1.54, 1.807) is 18.3 Å². The number of thioether (sulfide) groups is 1. The maximum absolute atomic E-state index is 14.1. The van der Waals surface area contributed by atoms with Gasteiger partial charge >= 0.3 is 11.9 Å². The molecule has 272 valence electrons. The first-order chi connectivity index (χ1) is 24.4. The molecule has 8 atom stereocenters. The number of nitrogens with zero attached hydrogens (tertiary/aromatic N) is 6. The molecule has 4 aromatic rings. The lowest BCUT2D eigenvalue weighted by atomic mass is 9.96. The maximum atomic E-state index is 14.1. The van der Waals surface area contributed by atoms with Crippen molar-refractivity contribution < 1.29 is 56.7 Å². The zero-order valence-electron chi connectivity index (χ0n) is 27.3. The van der Waals surface area contributed by atoms with Crippen LogP contribution in [0.1, 0.15) is 25.9 Å². The second-order valence-electron chi connectivity index (χ2n) is 11.9. The summed E-state index contributed by atoms with van der Waals surface area (Å²) in [5, 5.41) is 37.4. The first-order valence-corrected chi connectivity index (χ1v) is 16.6. The Morgan fingerprint density at radius 1 is 0.961 bits per heavy atom. The van der Waals surface area contributed by atoms with E-state index in [-0.39, 0.29) is 36.8 Å². The average Bonchev–Trinajstić information content (AvgIpc) is 3.78. The third-order valence-electron chi connectivity index (χ3n) is 8.38. The second-order valence-corrected chi connectivity index (χ2v) is 13.2. The summed E-state index contributed by atoms with van der Waals surface area (Å²) in [5.74, 6) is -5.78. The van der Waals surface area contributed by atoms with Crippen LogP contribution in [0, 0.1) is 17.5 Å². The van der Waals surface area contributed by atoms with Crippen LogP contribution in [0.4, 0.5) is 13.2 Å². The monoisotopic (exact) mass is 734 g/mol. The Morgan fingerprint density at radius 3 is 2.31 bits per heavy atom. The topological polar surface area (TPSA) is 182 Å². The number of benzene rings is 2. The summed E-state index contributed by atoms with van der Waals surface area (Å²) in [4.78, 5) is 24.2. The molecule has 4 heterocycles. The molecule has 0 spiro atoms. The van der Waals surface area contributed by atoms with Gasteiger partial charge in [0.15, 0.2) is 23.6 Å². The molecule has 2 saturated heterocycles. The number of aliphatic hydroxyl groups is 1. The van der Waals surface area contributed by atoms with E-state index in [0.29, 0.717) is 11.3 Å². The van der Waals surface area contributed by atoms with Crippen molar-refractivity contribution in [3.05, 3.63) is 66.2 Å². The van der Waals surface area contributed by atoms with Gasteiger partial charge in [-0.25, -0.2) is 22.5 Å². The van der Waals surface area contributed by atoms with Gasteiger partial charge in [0.25, 0.3) is 0 Å². The molecule has 6 rings (SSSR count). The summed E-state index contributed by atoms with van der Waals surface area (Å²) in [6.45, 7) is 2.22. The summed E-state index contributed by atoms with van der Waals surface area (Å²) >= 11 is 1.15. The van der Waals surface area contributed by atoms with Crippen LogP contribution in [0.5, 0.6) is 5.75 Å². The van der Waals surface area contributed by atoms with Gasteiger partial charge in [0.1, 0.15) is 53.5 Å². The fraction of sp³-hybridized carbons (Fsp3) is 0.438. The molecule has 8 unspecified atom stereocenters. The van der Waals surface area contributed by atoms with Gasteiger partial charge in [-0.1, -0.05) is 22.6 Å². The van der Waals surface area contributed by atoms with Crippen molar-refractivity contribution in [2.45, 2.75) is 61.0 Å². The molecule has 0 amide bonds. The molecule has 19 heteroatoms. The van der Waals surface area contributed by atoms with Gasteiger partial charge in [-0.15, -0.1) is 22.0 Å². The quantitative estimate of drug-likeness (QED) is 0.179. The van der Waals surface area contributed by atoms with Crippen LogP contribution >= 0.6 is 11.8 Å². The number of phenols is 1. The van der Waals surface area contributed by atoms with Gasteiger partial charge in [0.2, 0.25) is 0 Å². The Kier molecular flexibility index (Phi) is 10.9. The fourth-order valence-corrected chi connectivity index (χ4v) is 7.49. The van der Waals surface area contributed by atoms with Crippen LogP contribution in [-0.2, 0) is 33.3 Å². The average molecular weight is 735 g/mol. The summed E-state index contributed by atoms with van der Waals surface area (Å²) in [7, 11) is 1.38. The molecular weight excluding hydrogens is 701 g/mol. The van der Waals surface area contributed by atoms with Crippen LogP contribution < -0.4 is 0 Å². The van der Waals surface area contributed by atoms with Crippen molar-refractivity contribution in [2.75, 3.05) is 26.9 Å². The molecule has 51 heavy (non-hydrogen) atoms. The molecule has 15 nitrogen and oxygen atoms in total. The largest absolute Gasteiger partial charge is 0.508 e. The van der Waals surface area contributed by atoms with Gasteiger partial charge in [-0.2, -0.15) is 0 Å². The number of hydrogen-bond acceptors (Lipinski definition) is 14. The van der Waals surface area contributed by atoms with Crippen LogP contribution in [0.3, 0.4) is 0 Å². The predicted molar refractivity (Wildman–Crippen MR) is 170 cm³/mol. The number of hydrogen-bond donors (Lipinski definition) is 2. The Hall–Kier alpha value is -4.56. The molecule has 2 aliphatic rings. The minimum Gasteiger partial charge on any atom is -0.508 e. The van der Waals surface area contributed by atoms with Crippen LogP contribution in [0.25, 0.3) is 22.5 Å². The smallest absolute Gasteiger partial charge is 0.303 e. The molecule has 0 radical (unpaired) electrons. The zero-order chi connectivity index (χ0) is 36.4. The van der Waals surface area contributed by atoms with Crippen molar-refractivity contribution in [1.29, 1.82) is 0 Å². The lowest BCUT2D eigenvalue weighted by Crippen LogP contribution is -2.58. The fourth-order valence-electron chi connectivity index (χ4n) is 6.00. The zero-order valence-corrected chi connectivity index (χ0v) is 28.2. The van der Waals surface area contributed by atoms with Gasteiger partial charge in [-0.05, 0) is 24.3 Å². The highest BCUT2D eigenvalue weighted by molar-refractivity contribution is 8.00. The number of carbonyl (C=O) groups is 2. The number of aromatic hydroxyl groups is 1. The Bertz CT molecular complexity index is 1860. The number of phenolic OH excluding ortho intramolecular Hbond substituents is 1. The highest BCUT2D eigenvalue weighted by atomic mass is 32.2. The van der Waals surface area contributed by atoms with Crippen molar-refractivity contribution in [3.63, 3.8) is 0 Å². The van der Waals surface area contributed by atoms with E-state index in [2.05, 4.69) is 20.6 Å². The summed E-state index contributed by atoms with van der Waals surface area (Å²) < 4.78 is 73.7. The number of halogens is 3. The summed E-state index contributed by atoms with van der Waals surface area (Å²) in [5.41, 5.74) is -0.00220. The maximum Gasteiger partial charge on any atom is 0.303 e. The SMILES string of the molecule is COC1C(SC2COCC(n3cc(-c4cccc(O)c4)nn3)C2O)OC(COC(C)=O)C(OC(C)=O)C1n1cc(-c2cc(F)c(F)c(F)c2)nn1. The van der Waals surface area contributed by atoms with E-state index in [0.717, 1.165) is 23.9 Å². The van der Waals surface area contributed by atoms with Crippen LogP contribution in [-0.4, -0.2) is 114 Å². The van der Waals surface area contributed by atoms with Crippen LogP contribution in [0.2, 0.25) is 0 Å². The number of ether oxygens (including phenoxy) is 5. The van der Waals surface area contributed by atoms with Gasteiger partial charge in [-0.3, -0.25) is 9.59 Å². The number of esters is 2. The Balaban J connectivity index is 1.30. The van der Waals surface area contributed by atoms with Crippen molar-refractivity contribution in [2.24, 2.45) is 0 Å². The highest BCUT2D eigenvalue weighted by Gasteiger charge is 2.52. The summed E-state index contributed by atoms with van der Waals surface area (Å²) in [6.07, 6.45) is -1.37. The van der Waals surface area contributed by atoms with E-state index in [4.69, 9.17) is 23.7 Å². The lowest BCUT2D eigenvalue weighted by molar-refractivity contribution is -0.208. The van der Waals surface area contributed by atoms with Gasteiger partial charge in [0, 0.05) is 32.1 Å². The van der Waals surface area contributed by atoms with Crippen molar-refractivity contribution in [1.82, 2.24) is 30.0 Å². The first-order valence-electron chi connectivity index (χ1n) is 15.6. The van der Waals surface area contributed by atoms with Gasteiger partial charge < -0.3 is 33.9 Å². The second kappa shape index (κ2) is 15.4. The molecule has 0 bridgehead atoms. The van der Waals surface area contributed by atoms with Crippen molar-refractivity contribution in [3.8, 4) is 28.3 Å². The minimum absolute atomic E-state index is 0.0340. The third-order valence-corrected chi connectivity index (χ3v) is 9.80. The van der Waals surface area contributed by atoms with E-state index < -0.39 is 76.6 Å². The first kappa shape index (κ1) is 36.2. The molecule has 0 aliphatic carbocycles. The number of carbonyl (C=O) groups excluding carboxylic acids is 2. The normalized spacial score (nSPS) is 26.5. The third kappa shape index (κ3) is 7.86. The Morgan fingerprint density at radius 2 is 1.65 bits per heavy atom. The molecule has 2 aromatic carbocycles. The minimum atomic E-state index is -1.64. The summed E-state index contributed by atoms with van der Waals surface area (Å²) in [6, 6.07) is 6.31. The number of aromatic nitrogens is 6. The highest BCUT2D eigenvalue weighted by Crippen LogP contribution is 2.42. The molecule has 2 N–H and O–H groups in total. The van der Waals surface area contributed by atoms with E-state index in [1.165, 1.54) is 48.7 Å². The van der Waals surface area contributed by atoms with E-state index >= 15 is 0 Å². The number of aliphatic hydroxyl groups excluding tert-OH is 1. The number of methoxy groups -OCH3 is 1. The van der Waals surface area contributed by atoms with E-state index in [1.807, 2.05) is 0 Å². The molecule has 2 aliphatic heterocycles. The Labute approximate surface area is 292 Å². The van der Waals surface area contributed by atoms with Crippen molar-refractivity contribution >= 4 is 23.7 Å². The standard InChI is InChI=1S/C32H33F3N6O9S/c1-15(42)48-13-25-30(49-16(2)43)28(41-11-23(37-39-41)18-8-20(33)27(35)21(34)9-18)31(46-3)32(50-25)51-26-14-47-12-24(29(26)45)40-10-22(36-38-40)17-5-4-6-19(44)7-17/h4-11,24-26,28-32,44-45H,12-14H2,1-3H3. The van der Waals surface area contributed by atoms with Gasteiger partial charge in [0.05, 0.1) is 37.0 Å². The lowest BCUT2D eigenvalue weighted by Gasteiger charge is -2.46. The number of rotatable bonds is 10. The van der Waals surface area contributed by atoms with E-state index in [9.17, 15) is 33.0 Å². The van der Waals surface area contributed by atoms with Crippen LogP contribution in [0.15, 0.2) is 48.8 Å². The molecule has 2 aromatic heterocycles. The molecule has 2 fully saturated rings. The predicted octanol–water partition coefficient (Wildman–Crippen LogP) is 2.84. The molecular formula is C32H33F3N6O9S. The molecule has 0 saturated carbocycles.